The molecule has 0 saturated carbocycles. The maximum atomic E-state index is 2.44. The summed E-state index contributed by atoms with van der Waals surface area (Å²) in [6, 6.07) is 10.5. The van der Waals surface area contributed by atoms with E-state index in [0.29, 0.717) is 0 Å². The van der Waals surface area contributed by atoms with Gasteiger partial charge in [0.05, 0.1) is 8.07 Å². The van der Waals surface area contributed by atoms with Crippen LogP contribution in [0.15, 0.2) is 0 Å². The van der Waals surface area contributed by atoms with E-state index < -0.39 is 15.3 Å². The van der Waals surface area contributed by atoms with E-state index in [1.807, 2.05) is 0 Å². The molecular weight excluding hydrogens is 256 g/mol. The number of hydrogen-bond donors (Lipinski definition) is 0. The third kappa shape index (κ3) is 5.11. The molecule has 0 aliphatic carbocycles. The lowest BCUT2D eigenvalue weighted by Gasteiger charge is -2.32. The van der Waals surface area contributed by atoms with Crippen molar-refractivity contribution in [2.75, 3.05) is 5.75 Å². The molecule has 0 saturated heterocycles. The summed E-state index contributed by atoms with van der Waals surface area (Å²) in [5, 5.41) is 0. The molecule has 0 radical (unpaired) electrons. The lowest BCUT2D eigenvalue weighted by Crippen LogP contribution is -2.34. The van der Waals surface area contributed by atoms with Gasteiger partial charge in [-0.2, -0.15) is 11.2 Å². The Hall–Kier alpha value is 0.784. The number of hydrogen-bond acceptors (Lipinski definition) is 1. The van der Waals surface area contributed by atoms with Gasteiger partial charge in [0.25, 0.3) is 0 Å². The first-order valence-corrected chi connectivity index (χ1v) is 14.9. The van der Waals surface area contributed by atoms with Crippen molar-refractivity contribution in [2.24, 2.45) is 0 Å². The summed E-state index contributed by atoms with van der Waals surface area (Å²) in [5.41, 5.74) is 0. The van der Waals surface area contributed by atoms with Gasteiger partial charge in [-0.3, -0.25) is 0 Å². The Labute approximate surface area is 116 Å². The molecule has 0 aliphatic heterocycles. The minimum Gasteiger partial charge on any atom is -0.185 e. The van der Waals surface area contributed by atoms with Crippen LogP contribution in [-0.4, -0.2) is 21.1 Å². The topological polar surface area (TPSA) is 0 Å². The first-order valence-electron chi connectivity index (χ1n) is 7.71. The smallest absolute Gasteiger partial charge is 0.116 e. The van der Waals surface area contributed by atoms with Crippen LogP contribution < -0.4 is 0 Å². The maximum absolute atomic E-state index is 2.44. The second-order valence-electron chi connectivity index (χ2n) is 5.40. The van der Waals surface area contributed by atoms with Gasteiger partial charge in [-0.25, -0.2) is 0 Å². The molecule has 3 heteroatoms. The van der Waals surface area contributed by atoms with Crippen LogP contribution in [0.2, 0.25) is 42.3 Å². The van der Waals surface area contributed by atoms with E-state index in [1.165, 1.54) is 42.0 Å². The molecule has 0 heterocycles. The first-order chi connectivity index (χ1) is 8.07. The molecule has 0 aliphatic rings. The van der Waals surface area contributed by atoms with E-state index in [4.69, 9.17) is 0 Å². The second-order valence-corrected chi connectivity index (χ2v) is 19.7. The predicted molar refractivity (Wildman–Crippen MR) is 91.7 cm³/mol. The van der Waals surface area contributed by atoms with E-state index >= 15 is 0 Å². The van der Waals surface area contributed by atoms with E-state index in [1.54, 1.807) is 6.04 Å². The quantitative estimate of drug-likeness (QED) is 0.430. The van der Waals surface area contributed by atoms with Crippen molar-refractivity contribution in [1.29, 1.82) is 0 Å². The van der Waals surface area contributed by atoms with Gasteiger partial charge in [-0.05, 0) is 11.8 Å². The minimum atomic E-state index is -0.917. The summed E-state index contributed by atoms with van der Waals surface area (Å²) in [7, 11) is -1.77. The van der Waals surface area contributed by atoms with Crippen LogP contribution in [0, 0.1) is 0 Å². The normalized spacial score (nSPS) is 13.1. The fraction of sp³-hybridized carbons (Fsp3) is 1.00. The molecule has 0 aromatic rings. The van der Waals surface area contributed by atoms with E-state index in [0.717, 1.165) is 0 Å². The molecular formula is C14H34SSi2. The molecule has 0 aromatic heterocycles. The van der Waals surface area contributed by atoms with Crippen LogP contribution >= 0.6 is 11.2 Å². The van der Waals surface area contributed by atoms with Crippen LogP contribution in [0.3, 0.4) is 0 Å². The molecule has 0 atom stereocenters. The third-order valence-electron chi connectivity index (χ3n) is 5.22. The van der Waals surface area contributed by atoms with Crippen molar-refractivity contribution in [2.45, 2.75) is 83.9 Å². The van der Waals surface area contributed by atoms with Crippen molar-refractivity contribution >= 4 is 26.5 Å². The van der Waals surface area contributed by atoms with Gasteiger partial charge in [0.15, 0.2) is 0 Å². The lowest BCUT2D eigenvalue weighted by molar-refractivity contribution is 1.12. The van der Waals surface area contributed by atoms with Crippen LogP contribution in [0.4, 0.5) is 0 Å². The molecule has 0 unspecified atom stereocenters. The average Bonchev–Trinajstić information content (AvgIpc) is 2.41. The third-order valence-corrected chi connectivity index (χ3v) is 21.3. The fourth-order valence-corrected chi connectivity index (χ4v) is 14.1. The van der Waals surface area contributed by atoms with Gasteiger partial charge >= 0.3 is 0 Å². The Bertz CT molecular complexity index is 150. The molecule has 0 aromatic carbocycles. The van der Waals surface area contributed by atoms with Crippen LogP contribution in [0.5, 0.6) is 0 Å². The highest BCUT2D eigenvalue weighted by Gasteiger charge is 2.30. The Morgan fingerprint density at radius 2 is 1.06 bits per heavy atom. The van der Waals surface area contributed by atoms with Gasteiger partial charge < -0.3 is 0 Å². The molecule has 0 nitrogen and oxygen atoms in total. The van der Waals surface area contributed by atoms with Crippen molar-refractivity contribution in [1.82, 2.24) is 0 Å². The Balaban J connectivity index is 4.28. The molecule has 0 fully saturated rings. The summed E-state index contributed by atoms with van der Waals surface area (Å²) in [6.45, 7) is 14.6. The molecule has 17 heavy (non-hydrogen) atoms. The van der Waals surface area contributed by atoms with E-state index in [-0.39, 0.29) is 0 Å². The highest BCUT2D eigenvalue weighted by atomic mass is 32.4. The largest absolute Gasteiger partial charge is 0.185 e. The van der Waals surface area contributed by atoms with Gasteiger partial charge in [0, 0.05) is 0 Å². The van der Waals surface area contributed by atoms with Gasteiger partial charge in [0.1, 0.15) is 7.22 Å². The highest BCUT2D eigenvalue weighted by molar-refractivity contribution is 8.29. The van der Waals surface area contributed by atoms with Gasteiger partial charge in [0.2, 0.25) is 0 Å². The van der Waals surface area contributed by atoms with Crippen LogP contribution in [0.1, 0.15) is 41.5 Å². The molecule has 0 N–H and O–H groups in total. The second kappa shape index (κ2) is 8.81. The Morgan fingerprint density at radius 1 is 0.647 bits per heavy atom. The maximum Gasteiger partial charge on any atom is 0.116 e. The molecule has 104 valence electrons. The summed E-state index contributed by atoms with van der Waals surface area (Å²) in [5.74, 6) is 1.48. The highest BCUT2D eigenvalue weighted by Crippen LogP contribution is 2.35. The van der Waals surface area contributed by atoms with Crippen molar-refractivity contribution in [3.63, 3.8) is 0 Å². The molecule has 0 amide bonds. The summed E-state index contributed by atoms with van der Waals surface area (Å²) >= 11 is 2.42. The summed E-state index contributed by atoms with van der Waals surface area (Å²) in [4.78, 5) is 0. The first kappa shape index (κ1) is 17.8. The predicted octanol–water partition coefficient (Wildman–Crippen LogP) is 6.23. The van der Waals surface area contributed by atoms with Gasteiger partial charge in [-0.15, -0.1) is 0 Å². The number of rotatable bonds is 10. The van der Waals surface area contributed by atoms with Crippen molar-refractivity contribution in [3.8, 4) is 0 Å². The van der Waals surface area contributed by atoms with Crippen LogP contribution in [0.25, 0.3) is 0 Å². The lowest BCUT2D eigenvalue weighted by atomic mass is 10.9. The van der Waals surface area contributed by atoms with Crippen LogP contribution in [-0.2, 0) is 0 Å². The zero-order chi connectivity index (χ0) is 13.4. The Morgan fingerprint density at radius 3 is 1.35 bits per heavy atom. The van der Waals surface area contributed by atoms with E-state index in [9.17, 15) is 0 Å². The van der Waals surface area contributed by atoms with Crippen molar-refractivity contribution in [3.05, 3.63) is 0 Å². The zero-order valence-corrected chi connectivity index (χ0v) is 15.9. The van der Waals surface area contributed by atoms with Crippen molar-refractivity contribution < 1.29 is 0 Å². The molecule has 0 spiro atoms. The fourth-order valence-electron chi connectivity index (χ4n) is 2.82. The monoisotopic (exact) mass is 290 g/mol. The minimum absolute atomic E-state index is 0.854. The summed E-state index contributed by atoms with van der Waals surface area (Å²) < 4.78 is 0. The average molecular weight is 291 g/mol. The van der Waals surface area contributed by atoms with Gasteiger partial charge in [-0.1, -0.05) is 77.8 Å². The molecule has 0 rings (SSSR count). The Kier molecular flexibility index (Phi) is 9.22. The van der Waals surface area contributed by atoms with E-state index in [2.05, 4.69) is 52.8 Å². The summed E-state index contributed by atoms with van der Waals surface area (Å²) in [6.07, 6.45) is 0. The standard InChI is InChI=1S/C14H34SSi2/c1-7-16(8-2,9-3)14-13-15-17(10-4,11-5)12-6/h7-14H2,1-6H3. The molecule has 0 bridgehead atoms. The zero-order valence-electron chi connectivity index (χ0n) is 13.1. The SMILES string of the molecule is CC[Si](CC)(CC)CCS[Si](CC)(CC)CC.